The smallest absolute Gasteiger partial charge is 0.269 e. The minimum Gasteiger partial charge on any atom is -0.309 e. The number of rotatable bonds is 2. The number of nitrogens with one attached hydrogen (secondary N) is 1. The Bertz CT molecular complexity index is 694. The quantitative estimate of drug-likeness (QED) is 0.665. The Morgan fingerprint density at radius 1 is 1.15 bits per heavy atom. The van der Waals surface area contributed by atoms with E-state index in [9.17, 15) is 10.1 Å². The molecule has 0 spiro atoms. The summed E-state index contributed by atoms with van der Waals surface area (Å²) in [7, 11) is 0. The Balaban J connectivity index is 2.08. The van der Waals surface area contributed by atoms with E-state index in [1.165, 1.54) is 11.6 Å². The van der Waals surface area contributed by atoms with Gasteiger partial charge in [0.15, 0.2) is 0 Å². The lowest BCUT2D eigenvalue weighted by atomic mass is 9.78. The van der Waals surface area contributed by atoms with Crippen LogP contribution >= 0.6 is 0 Å². The number of non-ortho nitro benzene ring substituents is 1. The Hall–Kier alpha value is -2.49. The van der Waals surface area contributed by atoms with Crippen molar-refractivity contribution in [2.24, 2.45) is 0 Å². The highest BCUT2D eigenvalue weighted by molar-refractivity contribution is 5.87. The summed E-state index contributed by atoms with van der Waals surface area (Å²) < 4.78 is 0. The van der Waals surface area contributed by atoms with Gasteiger partial charge in [-0.25, -0.2) is 0 Å². The number of benzene rings is 2. The molecule has 0 radical (unpaired) electrons. The van der Waals surface area contributed by atoms with Crippen LogP contribution in [-0.4, -0.2) is 10.6 Å². The first kappa shape index (κ1) is 12.5. The van der Waals surface area contributed by atoms with Gasteiger partial charge in [-0.15, -0.1) is 0 Å². The standard InChI is InChI=1S/C16H14N2O2/c17-13-8-11-4-1-2-7-15(11)16(10-13)12-5-3-6-14(9-12)18(19)20/h1-7,9,16-17H,8,10H2. The minimum atomic E-state index is -0.371. The molecule has 1 unspecified atom stereocenters. The van der Waals surface area contributed by atoms with Gasteiger partial charge in [0.25, 0.3) is 5.69 Å². The zero-order valence-corrected chi connectivity index (χ0v) is 10.9. The van der Waals surface area contributed by atoms with Crippen molar-refractivity contribution in [1.82, 2.24) is 0 Å². The van der Waals surface area contributed by atoms with Crippen LogP contribution in [0.5, 0.6) is 0 Å². The van der Waals surface area contributed by atoms with Crippen molar-refractivity contribution >= 4 is 11.4 Å². The van der Waals surface area contributed by atoms with Gasteiger partial charge in [-0.1, -0.05) is 36.4 Å². The van der Waals surface area contributed by atoms with Gasteiger partial charge >= 0.3 is 0 Å². The Kier molecular flexibility index (Phi) is 3.06. The Morgan fingerprint density at radius 2 is 1.95 bits per heavy atom. The van der Waals surface area contributed by atoms with Crippen LogP contribution in [0.1, 0.15) is 29.0 Å². The largest absolute Gasteiger partial charge is 0.309 e. The first-order chi connectivity index (χ1) is 9.65. The summed E-state index contributed by atoms with van der Waals surface area (Å²) in [6, 6.07) is 14.8. The zero-order valence-electron chi connectivity index (χ0n) is 10.9. The maximum Gasteiger partial charge on any atom is 0.269 e. The number of hydrogen-bond donors (Lipinski definition) is 1. The van der Waals surface area contributed by atoms with Crippen LogP contribution in [0.15, 0.2) is 48.5 Å². The van der Waals surface area contributed by atoms with Crippen molar-refractivity contribution in [3.63, 3.8) is 0 Å². The summed E-state index contributed by atoms with van der Waals surface area (Å²) in [4.78, 5) is 10.5. The van der Waals surface area contributed by atoms with Crippen molar-refractivity contribution < 1.29 is 4.92 Å². The van der Waals surface area contributed by atoms with Crippen molar-refractivity contribution in [2.75, 3.05) is 0 Å². The van der Waals surface area contributed by atoms with E-state index in [4.69, 9.17) is 5.41 Å². The average Bonchev–Trinajstić information content (AvgIpc) is 2.46. The molecule has 0 amide bonds. The molecule has 20 heavy (non-hydrogen) atoms. The van der Waals surface area contributed by atoms with E-state index >= 15 is 0 Å². The lowest BCUT2D eigenvalue weighted by Gasteiger charge is -2.26. The second-order valence-corrected chi connectivity index (χ2v) is 5.09. The molecule has 0 heterocycles. The van der Waals surface area contributed by atoms with E-state index in [1.807, 2.05) is 24.3 Å². The summed E-state index contributed by atoms with van der Waals surface area (Å²) in [5, 5.41) is 18.9. The van der Waals surface area contributed by atoms with Gasteiger partial charge in [-0.05, 0) is 23.1 Å². The van der Waals surface area contributed by atoms with E-state index in [-0.39, 0.29) is 16.5 Å². The fraction of sp³-hybridized carbons (Fsp3) is 0.188. The van der Waals surface area contributed by atoms with Crippen LogP contribution in [0.3, 0.4) is 0 Å². The van der Waals surface area contributed by atoms with E-state index in [0.29, 0.717) is 18.6 Å². The molecule has 1 N–H and O–H groups in total. The number of fused-ring (bicyclic) bond motifs is 1. The monoisotopic (exact) mass is 266 g/mol. The summed E-state index contributed by atoms with van der Waals surface area (Å²) in [6.07, 6.45) is 1.32. The molecule has 1 atom stereocenters. The zero-order chi connectivity index (χ0) is 14.1. The van der Waals surface area contributed by atoms with Gasteiger partial charge in [0.1, 0.15) is 0 Å². The summed E-state index contributed by atoms with van der Waals surface area (Å²) in [6.45, 7) is 0. The molecule has 2 aromatic rings. The van der Waals surface area contributed by atoms with Crippen molar-refractivity contribution in [2.45, 2.75) is 18.8 Å². The minimum absolute atomic E-state index is 0.0485. The predicted octanol–water partition coefficient (Wildman–Crippen LogP) is 3.69. The summed E-state index contributed by atoms with van der Waals surface area (Å²) in [5.41, 5.74) is 4.04. The third kappa shape index (κ3) is 2.20. The van der Waals surface area contributed by atoms with Crippen molar-refractivity contribution in [1.29, 1.82) is 5.41 Å². The topological polar surface area (TPSA) is 67.0 Å². The molecule has 0 saturated carbocycles. The Labute approximate surface area is 116 Å². The first-order valence-corrected chi connectivity index (χ1v) is 6.53. The third-order valence-corrected chi connectivity index (χ3v) is 3.77. The summed E-state index contributed by atoms with van der Waals surface area (Å²) in [5.74, 6) is 0.0485. The first-order valence-electron chi connectivity index (χ1n) is 6.53. The van der Waals surface area contributed by atoms with E-state index < -0.39 is 0 Å². The van der Waals surface area contributed by atoms with Crippen LogP contribution in [0.4, 0.5) is 5.69 Å². The molecule has 0 aromatic heterocycles. The van der Waals surface area contributed by atoms with Gasteiger partial charge in [0.2, 0.25) is 0 Å². The molecule has 0 aliphatic heterocycles. The molecule has 0 fully saturated rings. The van der Waals surface area contributed by atoms with E-state index in [2.05, 4.69) is 6.07 Å². The van der Waals surface area contributed by atoms with Gasteiger partial charge < -0.3 is 5.41 Å². The Morgan fingerprint density at radius 3 is 2.75 bits per heavy atom. The van der Waals surface area contributed by atoms with Crippen molar-refractivity contribution in [3.05, 3.63) is 75.3 Å². The molecular formula is C16H14N2O2. The SMILES string of the molecule is N=C1Cc2ccccc2C(c2cccc([N+](=O)[O-])c2)C1. The molecule has 3 rings (SSSR count). The second-order valence-electron chi connectivity index (χ2n) is 5.09. The maximum absolute atomic E-state index is 10.9. The van der Waals surface area contributed by atoms with Gasteiger partial charge in [-0.3, -0.25) is 10.1 Å². The molecule has 1 aliphatic rings. The predicted molar refractivity (Wildman–Crippen MR) is 77.4 cm³/mol. The van der Waals surface area contributed by atoms with E-state index in [1.54, 1.807) is 12.1 Å². The van der Waals surface area contributed by atoms with Crippen LogP contribution in [-0.2, 0) is 6.42 Å². The molecule has 1 aliphatic carbocycles. The normalized spacial score (nSPS) is 17.6. The molecule has 100 valence electrons. The second kappa shape index (κ2) is 4.89. The average molecular weight is 266 g/mol. The molecular weight excluding hydrogens is 252 g/mol. The number of hydrogen-bond acceptors (Lipinski definition) is 3. The highest BCUT2D eigenvalue weighted by Crippen LogP contribution is 2.36. The fourth-order valence-electron chi connectivity index (χ4n) is 2.85. The number of nitrogens with zero attached hydrogens (tertiary/aromatic N) is 1. The fourth-order valence-corrected chi connectivity index (χ4v) is 2.85. The van der Waals surface area contributed by atoms with Gasteiger partial charge in [0.05, 0.1) is 4.92 Å². The lowest BCUT2D eigenvalue weighted by Crippen LogP contribution is -2.18. The lowest BCUT2D eigenvalue weighted by molar-refractivity contribution is -0.384. The van der Waals surface area contributed by atoms with Crippen LogP contribution in [0.2, 0.25) is 0 Å². The molecule has 2 aromatic carbocycles. The van der Waals surface area contributed by atoms with Crippen LogP contribution in [0, 0.1) is 15.5 Å². The van der Waals surface area contributed by atoms with Crippen LogP contribution < -0.4 is 0 Å². The van der Waals surface area contributed by atoms with E-state index in [0.717, 1.165) is 11.1 Å². The number of nitro benzene ring substituents is 1. The highest BCUT2D eigenvalue weighted by Gasteiger charge is 2.25. The third-order valence-electron chi connectivity index (χ3n) is 3.77. The van der Waals surface area contributed by atoms with Gasteiger partial charge in [-0.2, -0.15) is 0 Å². The molecule has 4 nitrogen and oxygen atoms in total. The highest BCUT2D eigenvalue weighted by atomic mass is 16.6. The van der Waals surface area contributed by atoms with Crippen LogP contribution in [0.25, 0.3) is 0 Å². The summed E-state index contributed by atoms with van der Waals surface area (Å²) >= 11 is 0. The molecule has 0 saturated heterocycles. The number of nitro groups is 1. The van der Waals surface area contributed by atoms with Crippen molar-refractivity contribution in [3.8, 4) is 0 Å². The molecule has 4 heteroatoms. The molecule has 0 bridgehead atoms. The maximum atomic E-state index is 10.9. The van der Waals surface area contributed by atoms with Gasteiger partial charge in [0, 0.05) is 30.2 Å².